The maximum atomic E-state index is 12.7. The van der Waals surface area contributed by atoms with Gasteiger partial charge in [-0.15, -0.1) is 0 Å². The second kappa shape index (κ2) is 16.8. The van der Waals surface area contributed by atoms with E-state index in [1.807, 2.05) is 0 Å². The average Bonchev–Trinajstić information content (AvgIpc) is 3.05. The number of carbonyl (C=O) groups excluding carboxylic acids is 1. The molecule has 0 aromatic carbocycles. The van der Waals surface area contributed by atoms with Crippen molar-refractivity contribution in [3.8, 4) is 0 Å². The van der Waals surface area contributed by atoms with Crippen LogP contribution < -0.4 is 5.32 Å². The number of azide groups is 1. The molecule has 270 valence electrons. The predicted molar refractivity (Wildman–Crippen MR) is 143 cm³/mol. The standard InChI is InChI=1S/C24H40N4O19/c1-42-21-16(38)15(37)18(10(6-31)44-21)45-22-17(39)20(14(36)9(5-30)43-22)47-24(23(40)41)2-7(32)12(27-11(34)3-26-28-25)19(46-24)13(35)8(33)4-29/h7-10,12-22,29-33,35-39H,2-6H2,1H3,(H,27,34)(H,40,41)/t7-,8+,9+,10+,12+,13+,14-,15+,16+,17+,18+,19+,20-,21+,22-,24-/m0/s1. The van der Waals surface area contributed by atoms with Gasteiger partial charge < -0.3 is 89.9 Å². The number of rotatable bonds is 14. The number of carboxylic acids is 1. The van der Waals surface area contributed by atoms with Crippen LogP contribution in [-0.2, 0) is 38.0 Å². The highest BCUT2D eigenvalue weighted by atomic mass is 16.8. The van der Waals surface area contributed by atoms with Crippen LogP contribution in [0.3, 0.4) is 0 Å². The van der Waals surface area contributed by atoms with Gasteiger partial charge in [0.15, 0.2) is 12.6 Å². The first-order valence-electron chi connectivity index (χ1n) is 14.2. The van der Waals surface area contributed by atoms with Gasteiger partial charge in [-0.3, -0.25) is 4.79 Å². The molecule has 0 aliphatic carbocycles. The van der Waals surface area contributed by atoms with E-state index in [2.05, 4.69) is 15.3 Å². The summed E-state index contributed by atoms with van der Waals surface area (Å²) in [5.41, 5.74) is 8.47. The van der Waals surface area contributed by atoms with E-state index in [9.17, 15) is 65.8 Å². The van der Waals surface area contributed by atoms with Crippen LogP contribution in [-0.4, -0.2) is 199 Å². The summed E-state index contributed by atoms with van der Waals surface area (Å²) in [4.78, 5) is 27.3. The number of hydrogen-bond donors (Lipinski definition) is 12. The first-order valence-corrected chi connectivity index (χ1v) is 14.2. The zero-order valence-corrected chi connectivity index (χ0v) is 24.7. The molecule has 0 unspecified atom stereocenters. The van der Waals surface area contributed by atoms with E-state index >= 15 is 0 Å². The Hall–Kier alpha value is -2.39. The fourth-order valence-electron chi connectivity index (χ4n) is 5.44. The van der Waals surface area contributed by atoms with Gasteiger partial charge in [0.25, 0.3) is 5.79 Å². The fourth-order valence-corrected chi connectivity index (χ4v) is 5.44. The van der Waals surface area contributed by atoms with Crippen LogP contribution in [0, 0.1) is 0 Å². The molecule has 0 spiro atoms. The normalized spacial score (nSPS) is 42.1. The van der Waals surface area contributed by atoms with Crippen LogP contribution in [0.1, 0.15) is 6.42 Å². The zero-order valence-electron chi connectivity index (χ0n) is 24.7. The highest BCUT2D eigenvalue weighted by Gasteiger charge is 2.60. The van der Waals surface area contributed by atoms with E-state index in [0.29, 0.717) is 0 Å². The molecule has 3 fully saturated rings. The Morgan fingerprint density at radius 3 is 2.17 bits per heavy atom. The Labute approximate surface area is 265 Å². The summed E-state index contributed by atoms with van der Waals surface area (Å²) in [6.45, 7) is -3.68. The smallest absolute Gasteiger partial charge is 0.364 e. The summed E-state index contributed by atoms with van der Waals surface area (Å²) in [6.07, 6.45) is -27.4. The third-order valence-electron chi connectivity index (χ3n) is 7.91. The molecule has 47 heavy (non-hydrogen) atoms. The Morgan fingerprint density at radius 2 is 1.62 bits per heavy atom. The fraction of sp³-hybridized carbons (Fsp3) is 0.917. The van der Waals surface area contributed by atoms with Crippen LogP contribution in [0.2, 0.25) is 0 Å². The van der Waals surface area contributed by atoms with Gasteiger partial charge in [0, 0.05) is 18.4 Å². The number of aliphatic hydroxyl groups excluding tert-OH is 10. The van der Waals surface area contributed by atoms with E-state index in [-0.39, 0.29) is 0 Å². The first kappa shape index (κ1) is 39.1. The SMILES string of the molecule is CO[C@@H]1O[C@H](CO)[C@@H](O[C@@H]2O[C@H](CO)[C@H](O)[C@H](O[C@]3(C(=O)O)C[C@H](O)[C@@H](NC(=O)CN=[N+]=[N-])[C@H]([C@H](O)[C@H](O)CO)O3)[C@H]2O)[C@H](O)[C@H]1O. The van der Waals surface area contributed by atoms with Gasteiger partial charge in [0.1, 0.15) is 73.7 Å². The number of carboxylic acid groups (broad SMARTS) is 1. The molecular formula is C24H40N4O19. The van der Waals surface area contributed by atoms with Gasteiger partial charge in [-0.2, -0.15) is 0 Å². The minimum Gasteiger partial charge on any atom is -0.477 e. The van der Waals surface area contributed by atoms with Crippen molar-refractivity contribution in [3.05, 3.63) is 10.4 Å². The molecule has 0 aromatic rings. The van der Waals surface area contributed by atoms with Crippen LogP contribution in [0.15, 0.2) is 5.11 Å². The third-order valence-corrected chi connectivity index (χ3v) is 7.91. The van der Waals surface area contributed by atoms with Crippen molar-refractivity contribution in [1.82, 2.24) is 5.32 Å². The molecule has 0 bridgehead atoms. The van der Waals surface area contributed by atoms with Crippen LogP contribution >= 0.6 is 0 Å². The molecule has 0 aromatic heterocycles. The summed E-state index contributed by atoms with van der Waals surface area (Å²) < 4.78 is 32.3. The molecule has 23 heteroatoms. The number of methoxy groups -OCH3 is 1. The van der Waals surface area contributed by atoms with Gasteiger partial charge in [0.05, 0.1) is 32.0 Å². The second-order valence-electron chi connectivity index (χ2n) is 11.0. The topological polar surface area (TPSA) is 373 Å². The molecule has 3 heterocycles. The summed E-state index contributed by atoms with van der Waals surface area (Å²) in [7, 11) is 1.15. The summed E-state index contributed by atoms with van der Waals surface area (Å²) in [5.74, 6) is -6.13. The maximum absolute atomic E-state index is 12.7. The minimum atomic E-state index is -3.09. The van der Waals surface area contributed by atoms with E-state index in [1.165, 1.54) is 0 Å². The molecule has 23 nitrogen and oxygen atoms in total. The molecule has 3 aliphatic rings. The third kappa shape index (κ3) is 8.44. The Balaban J connectivity index is 1.95. The monoisotopic (exact) mass is 688 g/mol. The van der Waals surface area contributed by atoms with Crippen molar-refractivity contribution < 1.29 is 94.2 Å². The molecule has 3 aliphatic heterocycles. The molecule has 0 saturated carbocycles. The van der Waals surface area contributed by atoms with Crippen molar-refractivity contribution >= 4 is 11.9 Å². The lowest BCUT2D eigenvalue weighted by atomic mass is 9.88. The highest BCUT2D eigenvalue weighted by molar-refractivity contribution is 5.79. The predicted octanol–water partition coefficient (Wildman–Crippen LogP) is -7.28. The van der Waals surface area contributed by atoms with Crippen LogP contribution in [0.5, 0.6) is 0 Å². The molecule has 3 saturated heterocycles. The summed E-state index contributed by atoms with van der Waals surface area (Å²) >= 11 is 0. The second-order valence-corrected chi connectivity index (χ2v) is 11.0. The van der Waals surface area contributed by atoms with E-state index < -0.39 is 142 Å². The quantitative estimate of drug-likeness (QED) is 0.0458. The van der Waals surface area contributed by atoms with Crippen molar-refractivity contribution in [1.29, 1.82) is 0 Å². The van der Waals surface area contributed by atoms with Gasteiger partial charge in [0.2, 0.25) is 5.91 Å². The van der Waals surface area contributed by atoms with Crippen molar-refractivity contribution in [2.24, 2.45) is 5.11 Å². The van der Waals surface area contributed by atoms with Gasteiger partial charge in [-0.25, -0.2) is 4.79 Å². The van der Waals surface area contributed by atoms with Gasteiger partial charge in [-0.05, 0) is 5.53 Å². The molecule has 1 amide bonds. The van der Waals surface area contributed by atoms with E-state index in [1.54, 1.807) is 0 Å². The Kier molecular flexibility index (Phi) is 14.0. The number of nitrogens with zero attached hydrogens (tertiary/aromatic N) is 3. The van der Waals surface area contributed by atoms with Gasteiger partial charge >= 0.3 is 5.97 Å². The number of aliphatic hydroxyl groups is 10. The number of amides is 1. The summed E-state index contributed by atoms with van der Waals surface area (Å²) in [5, 5.41) is 119. The number of aliphatic carboxylic acids is 1. The van der Waals surface area contributed by atoms with Gasteiger partial charge in [-0.1, -0.05) is 5.11 Å². The lowest BCUT2D eigenvalue weighted by molar-refractivity contribution is -0.385. The highest BCUT2D eigenvalue weighted by Crippen LogP contribution is 2.38. The number of nitrogens with one attached hydrogen (secondary N) is 1. The molecule has 16 atom stereocenters. The number of hydrogen-bond acceptors (Lipinski definition) is 19. The van der Waals surface area contributed by atoms with E-state index in [0.717, 1.165) is 7.11 Å². The van der Waals surface area contributed by atoms with Crippen molar-refractivity contribution in [3.63, 3.8) is 0 Å². The lowest BCUT2D eigenvalue weighted by Crippen LogP contribution is -2.71. The average molecular weight is 689 g/mol. The van der Waals surface area contributed by atoms with E-state index in [4.69, 9.17) is 34.0 Å². The molecular weight excluding hydrogens is 648 g/mol. The summed E-state index contributed by atoms with van der Waals surface area (Å²) in [6, 6.07) is -1.71. The Morgan fingerprint density at radius 1 is 0.979 bits per heavy atom. The zero-order chi connectivity index (χ0) is 35.2. The molecule has 12 N–H and O–H groups in total. The maximum Gasteiger partial charge on any atom is 0.364 e. The number of carbonyl (C=O) groups is 2. The first-order chi connectivity index (χ1) is 22.2. The lowest BCUT2D eigenvalue weighted by Gasteiger charge is -2.50. The molecule has 3 rings (SSSR count). The van der Waals surface area contributed by atoms with Crippen molar-refractivity contribution in [2.75, 3.05) is 33.5 Å². The number of ether oxygens (including phenoxy) is 6. The molecule has 0 radical (unpaired) electrons. The van der Waals surface area contributed by atoms with Crippen LogP contribution in [0.25, 0.3) is 10.4 Å². The van der Waals surface area contributed by atoms with Crippen molar-refractivity contribution in [2.45, 2.75) is 104 Å². The van der Waals surface area contributed by atoms with Crippen LogP contribution in [0.4, 0.5) is 0 Å². The minimum absolute atomic E-state index is 0.795. The Bertz CT molecular complexity index is 1100. The largest absolute Gasteiger partial charge is 0.477 e.